The van der Waals surface area contributed by atoms with Crippen molar-refractivity contribution in [2.24, 2.45) is 5.92 Å². The van der Waals surface area contributed by atoms with E-state index in [1.165, 1.54) is 5.56 Å². The number of hydrogen-bond donors (Lipinski definition) is 1. The van der Waals surface area contributed by atoms with Crippen LogP contribution in [0.4, 0.5) is 0 Å². The number of halogens is 1. The van der Waals surface area contributed by atoms with Gasteiger partial charge in [-0.05, 0) is 72.4 Å². The predicted octanol–water partition coefficient (Wildman–Crippen LogP) is 4.05. The van der Waals surface area contributed by atoms with Crippen LogP contribution < -0.4 is 10.1 Å². The maximum absolute atomic E-state index is 12.4. The highest BCUT2D eigenvalue weighted by Gasteiger charge is 2.21. The number of likely N-dealkylation sites (tertiary alicyclic amines) is 1. The van der Waals surface area contributed by atoms with E-state index >= 15 is 0 Å². The van der Waals surface area contributed by atoms with Gasteiger partial charge in [0.25, 0.3) is 5.91 Å². The van der Waals surface area contributed by atoms with Crippen LogP contribution in [-0.2, 0) is 6.54 Å². The quantitative estimate of drug-likeness (QED) is 0.824. The summed E-state index contributed by atoms with van der Waals surface area (Å²) in [5, 5.41) is 7.91. The molecule has 0 bridgehead atoms. The molecule has 1 aromatic carbocycles. The Balaban J connectivity index is 1.47. The lowest BCUT2D eigenvalue weighted by Crippen LogP contribution is -2.38. The third-order valence-corrected chi connectivity index (χ3v) is 5.62. The van der Waals surface area contributed by atoms with Gasteiger partial charge in [0.05, 0.1) is 12.7 Å². The molecule has 1 fully saturated rings. The van der Waals surface area contributed by atoms with Gasteiger partial charge in [0.1, 0.15) is 5.75 Å². The van der Waals surface area contributed by atoms with Gasteiger partial charge in [-0.1, -0.05) is 11.6 Å². The average molecular weight is 379 g/mol. The van der Waals surface area contributed by atoms with Crippen LogP contribution in [0.25, 0.3) is 0 Å². The summed E-state index contributed by atoms with van der Waals surface area (Å²) in [7, 11) is 1.56. The first-order valence-electron chi connectivity index (χ1n) is 8.51. The highest BCUT2D eigenvalue weighted by Crippen LogP contribution is 2.23. The molecule has 1 amide bonds. The molecule has 0 atom stereocenters. The summed E-state index contributed by atoms with van der Waals surface area (Å²) in [6.07, 6.45) is 2.22. The van der Waals surface area contributed by atoms with Crippen molar-refractivity contribution in [1.29, 1.82) is 0 Å². The summed E-state index contributed by atoms with van der Waals surface area (Å²) >= 11 is 7.75. The van der Waals surface area contributed by atoms with E-state index in [1.54, 1.807) is 36.6 Å². The Kier molecular flexibility index (Phi) is 6.34. The molecule has 1 saturated heterocycles. The van der Waals surface area contributed by atoms with Crippen LogP contribution in [0.5, 0.6) is 5.75 Å². The molecular weight excluding hydrogens is 356 g/mol. The number of benzene rings is 1. The van der Waals surface area contributed by atoms with Gasteiger partial charge in [-0.2, -0.15) is 11.3 Å². The molecule has 3 rings (SSSR count). The molecule has 0 spiro atoms. The van der Waals surface area contributed by atoms with Crippen LogP contribution in [-0.4, -0.2) is 37.6 Å². The second kappa shape index (κ2) is 8.70. The molecule has 2 aromatic rings. The molecule has 1 aliphatic rings. The van der Waals surface area contributed by atoms with E-state index in [9.17, 15) is 4.79 Å². The number of piperidine rings is 1. The second-order valence-electron chi connectivity index (χ2n) is 6.41. The van der Waals surface area contributed by atoms with Crippen LogP contribution in [0.2, 0.25) is 5.02 Å². The summed E-state index contributed by atoms with van der Waals surface area (Å²) in [6, 6.07) is 7.29. The van der Waals surface area contributed by atoms with Crippen LogP contribution >= 0.6 is 22.9 Å². The Morgan fingerprint density at radius 2 is 2.16 bits per heavy atom. The first kappa shape index (κ1) is 18.2. The first-order chi connectivity index (χ1) is 12.2. The van der Waals surface area contributed by atoms with E-state index < -0.39 is 0 Å². The number of amides is 1. The van der Waals surface area contributed by atoms with Gasteiger partial charge < -0.3 is 10.1 Å². The Hall–Kier alpha value is -1.56. The van der Waals surface area contributed by atoms with Gasteiger partial charge in [-0.15, -0.1) is 0 Å². The highest BCUT2D eigenvalue weighted by molar-refractivity contribution is 7.07. The minimum absolute atomic E-state index is 0.125. The van der Waals surface area contributed by atoms with E-state index in [0.717, 1.165) is 32.5 Å². The zero-order valence-corrected chi connectivity index (χ0v) is 15.9. The summed E-state index contributed by atoms with van der Waals surface area (Å²) < 4.78 is 5.25. The first-order valence-corrected chi connectivity index (χ1v) is 9.83. The zero-order chi connectivity index (χ0) is 17.6. The Morgan fingerprint density at radius 1 is 1.36 bits per heavy atom. The highest BCUT2D eigenvalue weighted by atomic mass is 35.5. The van der Waals surface area contributed by atoms with Crippen LogP contribution in [0.15, 0.2) is 35.0 Å². The molecule has 25 heavy (non-hydrogen) atoms. The summed E-state index contributed by atoms with van der Waals surface area (Å²) in [5.74, 6) is 0.945. The molecule has 4 nitrogen and oxygen atoms in total. The van der Waals surface area contributed by atoms with Crippen LogP contribution in [0, 0.1) is 5.92 Å². The third kappa shape index (κ3) is 4.97. The topological polar surface area (TPSA) is 41.6 Å². The molecule has 1 aromatic heterocycles. The van der Waals surface area contributed by atoms with Gasteiger partial charge >= 0.3 is 0 Å². The molecule has 0 unspecified atom stereocenters. The van der Waals surface area contributed by atoms with E-state index in [-0.39, 0.29) is 5.91 Å². The summed E-state index contributed by atoms with van der Waals surface area (Å²) in [6.45, 7) is 3.89. The number of carbonyl (C=O) groups excluding carboxylic acids is 1. The lowest BCUT2D eigenvalue weighted by Gasteiger charge is -2.31. The van der Waals surface area contributed by atoms with Crippen molar-refractivity contribution >= 4 is 28.8 Å². The van der Waals surface area contributed by atoms with Crippen molar-refractivity contribution < 1.29 is 9.53 Å². The van der Waals surface area contributed by atoms with Crippen molar-refractivity contribution in [2.45, 2.75) is 19.4 Å². The largest absolute Gasteiger partial charge is 0.496 e. The number of rotatable bonds is 6. The van der Waals surface area contributed by atoms with E-state index in [0.29, 0.717) is 28.8 Å². The number of hydrogen-bond acceptors (Lipinski definition) is 4. The zero-order valence-electron chi connectivity index (χ0n) is 14.3. The van der Waals surface area contributed by atoms with Crippen molar-refractivity contribution in [2.75, 3.05) is 26.7 Å². The van der Waals surface area contributed by atoms with Crippen LogP contribution in [0.3, 0.4) is 0 Å². The SMILES string of the molecule is COc1ccc(Cl)cc1C(=O)NCC1CCN(Cc2ccsc2)CC1. The van der Waals surface area contributed by atoms with E-state index in [2.05, 4.69) is 27.0 Å². The van der Waals surface area contributed by atoms with Crippen molar-refractivity contribution in [3.8, 4) is 5.75 Å². The lowest BCUT2D eigenvalue weighted by atomic mass is 9.96. The van der Waals surface area contributed by atoms with Crippen molar-refractivity contribution in [3.63, 3.8) is 0 Å². The smallest absolute Gasteiger partial charge is 0.255 e. The fourth-order valence-corrected chi connectivity index (χ4v) is 4.01. The summed E-state index contributed by atoms with van der Waals surface area (Å²) in [4.78, 5) is 14.9. The fourth-order valence-electron chi connectivity index (χ4n) is 3.18. The number of nitrogens with one attached hydrogen (secondary N) is 1. The maximum atomic E-state index is 12.4. The van der Waals surface area contributed by atoms with Gasteiger partial charge in [0, 0.05) is 18.1 Å². The molecule has 1 N–H and O–H groups in total. The minimum Gasteiger partial charge on any atom is -0.496 e. The van der Waals surface area contributed by atoms with Gasteiger partial charge in [0.15, 0.2) is 0 Å². The lowest BCUT2D eigenvalue weighted by molar-refractivity contribution is 0.0932. The average Bonchev–Trinajstić information content (AvgIpc) is 3.14. The normalized spacial score (nSPS) is 15.9. The number of ether oxygens (including phenoxy) is 1. The number of nitrogens with zero attached hydrogens (tertiary/aromatic N) is 1. The molecule has 2 heterocycles. The molecule has 0 radical (unpaired) electrons. The molecule has 0 saturated carbocycles. The van der Waals surface area contributed by atoms with Crippen LogP contribution in [0.1, 0.15) is 28.8 Å². The maximum Gasteiger partial charge on any atom is 0.255 e. The number of methoxy groups -OCH3 is 1. The standard InChI is InChI=1S/C19H23ClN2O2S/c1-24-18-3-2-16(20)10-17(18)19(23)21-11-14-4-7-22(8-5-14)12-15-6-9-25-13-15/h2-3,6,9-10,13-14H,4-5,7-8,11-12H2,1H3,(H,21,23). The number of carbonyl (C=O) groups is 1. The molecule has 6 heteroatoms. The van der Waals surface area contributed by atoms with Gasteiger partial charge in [-0.3, -0.25) is 9.69 Å². The fraction of sp³-hybridized carbons (Fsp3) is 0.421. The van der Waals surface area contributed by atoms with Crippen molar-refractivity contribution in [3.05, 3.63) is 51.2 Å². The Bertz CT molecular complexity index is 697. The van der Waals surface area contributed by atoms with Gasteiger partial charge in [-0.25, -0.2) is 0 Å². The molecule has 134 valence electrons. The Morgan fingerprint density at radius 3 is 2.84 bits per heavy atom. The third-order valence-electron chi connectivity index (χ3n) is 4.65. The second-order valence-corrected chi connectivity index (χ2v) is 7.62. The minimum atomic E-state index is -0.125. The molecule has 1 aliphatic heterocycles. The summed E-state index contributed by atoms with van der Waals surface area (Å²) in [5.41, 5.74) is 1.88. The Labute approximate surface area is 157 Å². The molecule has 0 aliphatic carbocycles. The predicted molar refractivity (Wildman–Crippen MR) is 103 cm³/mol. The van der Waals surface area contributed by atoms with E-state index in [1.807, 2.05) is 0 Å². The molecular formula is C19H23ClN2O2S. The number of thiophene rings is 1. The monoisotopic (exact) mass is 378 g/mol. The van der Waals surface area contributed by atoms with E-state index in [4.69, 9.17) is 16.3 Å². The van der Waals surface area contributed by atoms with Crippen molar-refractivity contribution in [1.82, 2.24) is 10.2 Å². The van der Waals surface area contributed by atoms with Gasteiger partial charge in [0.2, 0.25) is 0 Å².